The summed E-state index contributed by atoms with van der Waals surface area (Å²) in [6.07, 6.45) is 3.01. The number of rotatable bonds is 10. The molecule has 4 nitrogen and oxygen atoms in total. The molecule has 0 heterocycles. The molecule has 0 saturated carbocycles. The lowest BCUT2D eigenvalue weighted by atomic mass is 10.1. The molecule has 0 fully saturated rings. The number of amides is 1. The van der Waals surface area contributed by atoms with E-state index in [0.29, 0.717) is 17.9 Å². The van der Waals surface area contributed by atoms with Crippen LogP contribution in [0.2, 0.25) is 5.02 Å². The van der Waals surface area contributed by atoms with Crippen LogP contribution in [0.1, 0.15) is 53.4 Å². The lowest BCUT2D eigenvalue weighted by Gasteiger charge is -2.17. The van der Waals surface area contributed by atoms with Gasteiger partial charge in [0, 0.05) is 10.8 Å². The van der Waals surface area contributed by atoms with Crippen molar-refractivity contribution in [3.8, 4) is 0 Å². The normalized spacial score (nSPS) is 13.2. The molecule has 26 heavy (non-hydrogen) atoms. The first-order chi connectivity index (χ1) is 12.3. The zero-order valence-corrected chi connectivity index (χ0v) is 17.3. The van der Waals surface area contributed by atoms with Crippen molar-refractivity contribution in [1.29, 1.82) is 0 Å². The number of carbonyl (C=O) groups is 2. The van der Waals surface area contributed by atoms with Crippen LogP contribution in [0.4, 0.5) is 10.1 Å². The fraction of sp³-hybridized carbons (Fsp3) is 0.579. The Morgan fingerprint density at radius 1 is 1.23 bits per heavy atom. The predicted molar refractivity (Wildman–Crippen MR) is 105 cm³/mol. The number of carbonyl (C=O) groups excluding carboxylic acids is 2. The molecule has 2 atom stereocenters. The van der Waals surface area contributed by atoms with E-state index in [1.165, 1.54) is 17.8 Å². The Kier molecular flexibility index (Phi) is 10.0. The van der Waals surface area contributed by atoms with Crippen LogP contribution in [0.25, 0.3) is 0 Å². The quantitative estimate of drug-likeness (QED) is 0.403. The fourth-order valence-electron chi connectivity index (χ4n) is 2.41. The summed E-state index contributed by atoms with van der Waals surface area (Å²) in [6, 6.07) is 2.65. The van der Waals surface area contributed by atoms with E-state index in [0.717, 1.165) is 25.3 Å². The van der Waals surface area contributed by atoms with Crippen LogP contribution in [0.5, 0.6) is 0 Å². The van der Waals surface area contributed by atoms with E-state index >= 15 is 0 Å². The van der Waals surface area contributed by atoms with Gasteiger partial charge < -0.3 is 10.1 Å². The van der Waals surface area contributed by atoms with Crippen molar-refractivity contribution in [2.24, 2.45) is 5.92 Å². The number of nitrogens with one attached hydrogen (secondary N) is 1. The Balaban J connectivity index is 3.01. The molecule has 1 N–H and O–H groups in total. The van der Waals surface area contributed by atoms with Crippen LogP contribution in [0.3, 0.4) is 0 Å². The second kappa shape index (κ2) is 11.4. The second-order valence-electron chi connectivity index (χ2n) is 6.09. The Bertz CT molecular complexity index is 627. The van der Waals surface area contributed by atoms with Gasteiger partial charge in [0.05, 0.1) is 17.3 Å². The minimum Gasteiger partial charge on any atom is -0.465 e. The van der Waals surface area contributed by atoms with Gasteiger partial charge in [-0.3, -0.25) is 9.59 Å². The molecule has 1 amide bonds. The number of anilines is 1. The van der Waals surface area contributed by atoms with Gasteiger partial charge in [-0.05, 0) is 31.9 Å². The summed E-state index contributed by atoms with van der Waals surface area (Å²) in [7, 11) is 0. The van der Waals surface area contributed by atoms with Gasteiger partial charge in [-0.2, -0.15) is 0 Å². The molecular formula is C19H27ClFNO3S. The first kappa shape index (κ1) is 22.8. The average molecular weight is 404 g/mol. The summed E-state index contributed by atoms with van der Waals surface area (Å²) in [5.41, 5.74) is 0.0731. The third-order valence-corrected chi connectivity index (χ3v) is 5.55. The number of hydrogen-bond donors (Lipinski definition) is 1. The molecule has 0 saturated heterocycles. The molecule has 1 aromatic rings. The summed E-state index contributed by atoms with van der Waals surface area (Å²) in [4.78, 5) is 24.8. The lowest BCUT2D eigenvalue weighted by Crippen LogP contribution is -2.21. The summed E-state index contributed by atoms with van der Waals surface area (Å²) in [5.74, 6) is -1.36. The molecule has 1 rings (SSSR count). The Morgan fingerprint density at radius 2 is 1.88 bits per heavy atom. The molecule has 2 unspecified atom stereocenters. The number of thioether (sulfide) groups is 1. The number of benzene rings is 1. The van der Waals surface area contributed by atoms with Crippen LogP contribution in [-0.2, 0) is 14.3 Å². The van der Waals surface area contributed by atoms with Crippen molar-refractivity contribution in [2.75, 3.05) is 11.9 Å². The topological polar surface area (TPSA) is 55.4 Å². The average Bonchev–Trinajstić information content (AvgIpc) is 2.58. The van der Waals surface area contributed by atoms with E-state index in [1.54, 1.807) is 13.8 Å². The third-order valence-electron chi connectivity index (χ3n) is 3.82. The molecule has 0 bridgehead atoms. The molecule has 0 aliphatic rings. The van der Waals surface area contributed by atoms with E-state index < -0.39 is 11.1 Å². The molecular weight excluding hydrogens is 377 g/mol. The first-order valence-corrected chi connectivity index (χ1v) is 10.2. The van der Waals surface area contributed by atoms with Crippen LogP contribution >= 0.6 is 23.4 Å². The van der Waals surface area contributed by atoms with Gasteiger partial charge in [0.1, 0.15) is 11.1 Å². The molecule has 146 valence electrons. The van der Waals surface area contributed by atoms with Crippen LogP contribution in [0.15, 0.2) is 17.0 Å². The number of hydrogen-bond acceptors (Lipinski definition) is 4. The van der Waals surface area contributed by atoms with E-state index in [-0.39, 0.29) is 28.5 Å². The Morgan fingerprint density at radius 3 is 2.46 bits per heavy atom. The van der Waals surface area contributed by atoms with Crippen LogP contribution in [-0.4, -0.2) is 23.7 Å². The van der Waals surface area contributed by atoms with Gasteiger partial charge in [0.2, 0.25) is 5.91 Å². The van der Waals surface area contributed by atoms with Gasteiger partial charge in [-0.25, -0.2) is 4.39 Å². The number of halogens is 2. The molecule has 0 aliphatic heterocycles. The lowest BCUT2D eigenvalue weighted by molar-refractivity contribution is -0.142. The van der Waals surface area contributed by atoms with Crippen LogP contribution in [0, 0.1) is 11.7 Å². The molecule has 0 aliphatic carbocycles. The van der Waals surface area contributed by atoms with Crippen molar-refractivity contribution in [3.05, 3.63) is 23.0 Å². The van der Waals surface area contributed by atoms with Gasteiger partial charge in [-0.15, -0.1) is 11.8 Å². The van der Waals surface area contributed by atoms with E-state index in [4.69, 9.17) is 16.3 Å². The number of ether oxygens (including phenoxy) is 1. The highest BCUT2D eigenvalue weighted by Gasteiger charge is 2.23. The van der Waals surface area contributed by atoms with Crippen molar-refractivity contribution in [2.45, 2.75) is 63.5 Å². The minimum absolute atomic E-state index is 0.0731. The summed E-state index contributed by atoms with van der Waals surface area (Å²) < 4.78 is 19.3. The summed E-state index contributed by atoms with van der Waals surface area (Å²) in [6.45, 7) is 7.82. The molecule has 0 aromatic heterocycles. The van der Waals surface area contributed by atoms with E-state index in [9.17, 15) is 14.0 Å². The standard InChI is InChI=1S/C19H27ClFNO3S/c1-5-8-12(4)18(23)22-15-11-17(13(20)10-14(15)21)26-16(9-6-2)19(24)25-7-3/h10-12,16H,5-9H2,1-4H3,(H,22,23). The Hall–Kier alpha value is -1.27. The van der Waals surface area contributed by atoms with E-state index in [1.807, 2.05) is 13.8 Å². The van der Waals surface area contributed by atoms with Gasteiger partial charge in [0.15, 0.2) is 0 Å². The maximum atomic E-state index is 14.2. The van der Waals surface area contributed by atoms with Gasteiger partial charge in [0.25, 0.3) is 0 Å². The van der Waals surface area contributed by atoms with E-state index in [2.05, 4.69) is 5.32 Å². The zero-order chi connectivity index (χ0) is 19.7. The van der Waals surface area contributed by atoms with Crippen molar-refractivity contribution in [3.63, 3.8) is 0 Å². The Labute approximate surface area is 164 Å². The maximum Gasteiger partial charge on any atom is 0.319 e. The van der Waals surface area contributed by atoms with Gasteiger partial charge in [-0.1, -0.05) is 45.2 Å². The smallest absolute Gasteiger partial charge is 0.319 e. The second-order valence-corrected chi connectivity index (χ2v) is 7.74. The summed E-state index contributed by atoms with van der Waals surface area (Å²) in [5, 5.41) is 2.40. The highest BCUT2D eigenvalue weighted by atomic mass is 35.5. The monoisotopic (exact) mass is 403 g/mol. The largest absolute Gasteiger partial charge is 0.465 e. The minimum atomic E-state index is -0.598. The van der Waals surface area contributed by atoms with Crippen LogP contribution < -0.4 is 5.32 Å². The highest BCUT2D eigenvalue weighted by Crippen LogP contribution is 2.36. The fourth-order valence-corrected chi connectivity index (χ4v) is 3.88. The highest BCUT2D eigenvalue weighted by molar-refractivity contribution is 8.00. The van der Waals surface area contributed by atoms with Gasteiger partial charge >= 0.3 is 5.97 Å². The first-order valence-electron chi connectivity index (χ1n) is 8.97. The number of esters is 1. The molecule has 7 heteroatoms. The maximum absolute atomic E-state index is 14.2. The third kappa shape index (κ3) is 6.80. The van der Waals surface area contributed by atoms with Crippen molar-refractivity contribution in [1.82, 2.24) is 0 Å². The summed E-state index contributed by atoms with van der Waals surface area (Å²) >= 11 is 7.38. The SMILES string of the molecule is CCCC(C)C(=O)Nc1cc(SC(CCC)C(=O)OCC)c(Cl)cc1F. The molecule has 0 spiro atoms. The van der Waals surface area contributed by atoms with Crippen molar-refractivity contribution >= 4 is 40.9 Å². The molecule has 1 aromatic carbocycles. The zero-order valence-electron chi connectivity index (χ0n) is 15.7. The predicted octanol–water partition coefficient (Wildman–Crippen LogP) is 5.68. The van der Waals surface area contributed by atoms with Crippen molar-refractivity contribution < 1.29 is 18.7 Å². The molecule has 0 radical (unpaired) electrons.